The maximum absolute atomic E-state index is 11.9. The Hall–Kier alpha value is -1.65. The first-order valence-electron chi connectivity index (χ1n) is 6.72. The van der Waals surface area contributed by atoms with E-state index in [-0.39, 0.29) is 5.91 Å². The summed E-state index contributed by atoms with van der Waals surface area (Å²) in [5.74, 6) is -0.0832. The molecule has 0 unspecified atom stereocenters. The number of anilines is 1. The van der Waals surface area contributed by atoms with E-state index in [0.717, 1.165) is 28.0 Å². The fraction of sp³-hybridized carbons (Fsp3) is 0.438. The predicted molar refractivity (Wildman–Crippen MR) is 79.3 cm³/mol. The zero-order valence-corrected chi connectivity index (χ0v) is 12.3. The van der Waals surface area contributed by atoms with Gasteiger partial charge in [-0.3, -0.25) is 4.79 Å². The first-order chi connectivity index (χ1) is 9.20. The molecular formula is C16H21NO3. The van der Waals surface area contributed by atoms with Crippen molar-refractivity contribution in [3.8, 4) is 0 Å². The van der Waals surface area contributed by atoms with Gasteiger partial charge in [0.1, 0.15) is 0 Å². The summed E-state index contributed by atoms with van der Waals surface area (Å²) in [6.45, 7) is 6.98. The van der Waals surface area contributed by atoms with Gasteiger partial charge in [0.25, 0.3) is 5.91 Å². The van der Waals surface area contributed by atoms with Crippen LogP contribution in [0.2, 0.25) is 0 Å². The van der Waals surface area contributed by atoms with Crippen molar-refractivity contribution in [1.82, 2.24) is 0 Å². The summed E-state index contributed by atoms with van der Waals surface area (Å²) in [5, 5.41) is 22.5. The second kappa shape index (κ2) is 5.04. The lowest BCUT2D eigenvalue weighted by atomic mass is 9.94. The summed E-state index contributed by atoms with van der Waals surface area (Å²) in [5.41, 5.74) is 3.10. The van der Waals surface area contributed by atoms with E-state index in [2.05, 4.69) is 5.32 Å². The molecule has 4 heteroatoms. The zero-order chi connectivity index (χ0) is 15.1. The minimum Gasteiger partial charge on any atom is -0.390 e. The van der Waals surface area contributed by atoms with Crippen molar-refractivity contribution >= 4 is 17.2 Å². The first-order valence-corrected chi connectivity index (χ1v) is 6.72. The molecule has 0 aliphatic carbocycles. The number of rotatable bonds is 3. The number of amides is 1. The van der Waals surface area contributed by atoms with Crippen LogP contribution in [-0.2, 0) is 11.2 Å². The Morgan fingerprint density at radius 1 is 1.35 bits per heavy atom. The summed E-state index contributed by atoms with van der Waals surface area (Å²) >= 11 is 0. The number of nitrogens with one attached hydrogen (secondary N) is 1. The third-order valence-electron chi connectivity index (χ3n) is 3.57. The van der Waals surface area contributed by atoms with Crippen LogP contribution < -0.4 is 5.32 Å². The summed E-state index contributed by atoms with van der Waals surface area (Å²) in [7, 11) is 0. The van der Waals surface area contributed by atoms with Gasteiger partial charge < -0.3 is 15.5 Å². The van der Waals surface area contributed by atoms with E-state index in [9.17, 15) is 15.0 Å². The van der Waals surface area contributed by atoms with E-state index in [1.165, 1.54) is 0 Å². The Morgan fingerprint density at radius 2 is 2.00 bits per heavy atom. The van der Waals surface area contributed by atoms with Crippen molar-refractivity contribution in [3.63, 3.8) is 0 Å². The minimum atomic E-state index is -1.15. The van der Waals surface area contributed by atoms with E-state index in [1.54, 1.807) is 13.8 Å². The number of aliphatic hydroxyl groups excluding tert-OH is 1. The fourth-order valence-electron chi connectivity index (χ4n) is 2.32. The van der Waals surface area contributed by atoms with Crippen molar-refractivity contribution in [3.05, 3.63) is 34.9 Å². The highest BCUT2D eigenvalue weighted by atomic mass is 16.3. The lowest BCUT2D eigenvalue weighted by molar-refractivity contribution is -0.110. The number of hydrogen-bond acceptors (Lipinski definition) is 3. The molecule has 1 heterocycles. The van der Waals surface area contributed by atoms with Crippen LogP contribution in [0.1, 0.15) is 38.8 Å². The van der Waals surface area contributed by atoms with Crippen molar-refractivity contribution in [2.45, 2.75) is 45.8 Å². The Labute approximate surface area is 119 Å². The standard InChI is InChI=1S/C16H21NO3/c1-9(2)14-11-6-5-10(7-12(11)17-15(14)19)8-13(18)16(3,4)20/h5-7,13,18,20H,8H2,1-4H3,(H,17,19)/t13-/m1/s1. The van der Waals surface area contributed by atoms with Crippen LogP contribution in [0, 0.1) is 0 Å². The molecule has 0 saturated carbocycles. The molecule has 2 rings (SSSR count). The molecule has 0 bridgehead atoms. The molecule has 0 fully saturated rings. The van der Waals surface area contributed by atoms with Gasteiger partial charge in [-0.25, -0.2) is 0 Å². The molecule has 0 saturated heterocycles. The quantitative estimate of drug-likeness (QED) is 0.740. The lowest BCUT2D eigenvalue weighted by Gasteiger charge is -2.24. The third kappa shape index (κ3) is 2.76. The van der Waals surface area contributed by atoms with Crippen LogP contribution in [0.3, 0.4) is 0 Å². The molecule has 0 spiro atoms. The normalized spacial score (nSPS) is 15.9. The average molecular weight is 275 g/mol. The highest BCUT2D eigenvalue weighted by Gasteiger charge is 2.27. The molecule has 108 valence electrons. The number of hydrogen-bond donors (Lipinski definition) is 3. The molecule has 1 aromatic rings. The molecule has 0 aromatic heterocycles. The third-order valence-corrected chi connectivity index (χ3v) is 3.57. The summed E-state index contributed by atoms with van der Waals surface area (Å²) in [4.78, 5) is 11.9. The highest BCUT2D eigenvalue weighted by Crippen LogP contribution is 2.34. The van der Waals surface area contributed by atoms with Crippen molar-refractivity contribution in [2.24, 2.45) is 0 Å². The van der Waals surface area contributed by atoms with E-state index in [4.69, 9.17) is 0 Å². The molecule has 4 nitrogen and oxygen atoms in total. The molecule has 1 aromatic carbocycles. The molecule has 1 amide bonds. The van der Waals surface area contributed by atoms with Crippen LogP contribution in [0.25, 0.3) is 5.57 Å². The Balaban J connectivity index is 2.30. The van der Waals surface area contributed by atoms with Gasteiger partial charge in [0.2, 0.25) is 0 Å². The van der Waals surface area contributed by atoms with Crippen LogP contribution >= 0.6 is 0 Å². The van der Waals surface area contributed by atoms with Crippen LogP contribution in [0.4, 0.5) is 5.69 Å². The SMILES string of the molecule is CC(C)=C1C(=O)Nc2cc(C[C@@H](O)C(C)(C)O)ccc21. The number of carbonyl (C=O) groups excluding carboxylic acids is 1. The number of fused-ring (bicyclic) bond motifs is 1. The van der Waals surface area contributed by atoms with Gasteiger partial charge >= 0.3 is 0 Å². The smallest absolute Gasteiger partial charge is 0.256 e. The van der Waals surface area contributed by atoms with Gasteiger partial charge in [-0.1, -0.05) is 17.7 Å². The van der Waals surface area contributed by atoms with Crippen molar-refractivity contribution in [2.75, 3.05) is 5.32 Å². The Bertz CT molecular complexity index is 578. The van der Waals surface area contributed by atoms with Gasteiger partial charge in [0.05, 0.1) is 11.7 Å². The van der Waals surface area contributed by atoms with E-state index < -0.39 is 11.7 Å². The highest BCUT2D eigenvalue weighted by molar-refractivity contribution is 6.32. The molecular weight excluding hydrogens is 254 g/mol. The largest absolute Gasteiger partial charge is 0.390 e. The predicted octanol–water partition coefficient (Wildman–Crippen LogP) is 2.11. The van der Waals surface area contributed by atoms with Crippen molar-refractivity contribution in [1.29, 1.82) is 0 Å². The van der Waals surface area contributed by atoms with Crippen molar-refractivity contribution < 1.29 is 15.0 Å². The molecule has 1 atom stereocenters. The maximum atomic E-state index is 11.9. The fourth-order valence-corrected chi connectivity index (χ4v) is 2.32. The average Bonchev–Trinajstić information content (AvgIpc) is 2.62. The minimum absolute atomic E-state index is 0.0832. The van der Waals surface area contributed by atoms with Gasteiger partial charge in [-0.05, 0) is 39.3 Å². The first kappa shape index (κ1) is 14.8. The second-order valence-corrected chi connectivity index (χ2v) is 6.08. The number of aliphatic hydroxyl groups is 2. The lowest BCUT2D eigenvalue weighted by Crippen LogP contribution is -2.37. The zero-order valence-electron chi connectivity index (χ0n) is 12.3. The second-order valence-electron chi connectivity index (χ2n) is 6.08. The number of carbonyl (C=O) groups is 1. The van der Waals surface area contributed by atoms with Gasteiger partial charge in [0, 0.05) is 23.2 Å². The number of benzene rings is 1. The van der Waals surface area contributed by atoms with Gasteiger partial charge in [-0.2, -0.15) is 0 Å². The number of allylic oxidation sites excluding steroid dienone is 1. The molecule has 20 heavy (non-hydrogen) atoms. The summed E-state index contributed by atoms with van der Waals surface area (Å²) in [6.07, 6.45) is -0.503. The maximum Gasteiger partial charge on any atom is 0.256 e. The van der Waals surface area contributed by atoms with Crippen LogP contribution in [0.15, 0.2) is 23.8 Å². The van der Waals surface area contributed by atoms with Gasteiger partial charge in [0.15, 0.2) is 0 Å². The molecule has 1 aliphatic rings. The Kier molecular flexibility index (Phi) is 3.71. The van der Waals surface area contributed by atoms with E-state index in [0.29, 0.717) is 6.42 Å². The molecule has 1 aliphatic heterocycles. The molecule has 3 N–H and O–H groups in total. The molecule has 0 radical (unpaired) electrons. The monoisotopic (exact) mass is 275 g/mol. The summed E-state index contributed by atoms with van der Waals surface area (Å²) in [6, 6.07) is 5.64. The van der Waals surface area contributed by atoms with Crippen LogP contribution in [0.5, 0.6) is 0 Å². The van der Waals surface area contributed by atoms with E-state index >= 15 is 0 Å². The van der Waals surface area contributed by atoms with Crippen LogP contribution in [-0.4, -0.2) is 27.8 Å². The van der Waals surface area contributed by atoms with E-state index in [1.807, 2.05) is 32.0 Å². The topological polar surface area (TPSA) is 69.6 Å². The Morgan fingerprint density at radius 3 is 2.55 bits per heavy atom. The van der Waals surface area contributed by atoms with Gasteiger partial charge in [-0.15, -0.1) is 0 Å². The summed E-state index contributed by atoms with van der Waals surface area (Å²) < 4.78 is 0.